The minimum absolute atomic E-state index is 0.213. The zero-order valence-corrected chi connectivity index (χ0v) is 14.3. The van der Waals surface area contributed by atoms with E-state index in [1.165, 1.54) is 4.31 Å². The van der Waals surface area contributed by atoms with Crippen molar-refractivity contribution in [1.29, 1.82) is 0 Å². The number of pyridine rings is 1. The van der Waals surface area contributed by atoms with Crippen LogP contribution in [-0.4, -0.2) is 46.1 Å². The molecule has 1 aliphatic heterocycles. The van der Waals surface area contributed by atoms with Crippen molar-refractivity contribution in [3.8, 4) is 0 Å². The summed E-state index contributed by atoms with van der Waals surface area (Å²) in [5.74, 6) is 0. The topological polar surface area (TPSA) is 88.1 Å². The fourth-order valence-corrected chi connectivity index (χ4v) is 5.31. The number of fused-ring (bicyclic) bond motifs is 1. The van der Waals surface area contributed by atoms with E-state index in [4.69, 9.17) is 0 Å². The first-order valence-corrected chi connectivity index (χ1v) is 9.69. The molecule has 1 saturated heterocycles. The highest BCUT2D eigenvalue weighted by Crippen LogP contribution is 2.31. The molecule has 0 aliphatic carbocycles. The van der Waals surface area contributed by atoms with Crippen molar-refractivity contribution in [3.05, 3.63) is 48.3 Å². The molecule has 3 aromatic rings. The highest BCUT2D eigenvalue weighted by Gasteiger charge is 2.35. The number of aromatic nitrogens is 3. The van der Waals surface area contributed by atoms with Gasteiger partial charge in [-0.2, -0.15) is 13.1 Å². The summed E-state index contributed by atoms with van der Waals surface area (Å²) in [5.41, 5.74) is 1.91. The van der Waals surface area contributed by atoms with E-state index in [1.54, 1.807) is 30.6 Å². The minimum Gasteiger partial charge on any atom is -0.313 e. The Kier molecular flexibility index (Phi) is 4.01. The number of sulfonamides is 1. The van der Waals surface area contributed by atoms with E-state index in [1.807, 2.05) is 12.1 Å². The maximum Gasteiger partial charge on any atom is 0.245 e. The Morgan fingerprint density at radius 3 is 2.96 bits per heavy atom. The molecule has 0 amide bonds. The molecule has 1 aromatic carbocycles. The molecule has 0 saturated carbocycles. The molecular formula is C15H15N5O2S2. The van der Waals surface area contributed by atoms with Crippen molar-refractivity contribution in [2.75, 3.05) is 19.6 Å². The average Bonchev–Trinajstić information content (AvgIpc) is 3.11. The van der Waals surface area contributed by atoms with Gasteiger partial charge in [0.1, 0.15) is 15.9 Å². The Morgan fingerprint density at radius 2 is 2.12 bits per heavy atom. The third-order valence-electron chi connectivity index (χ3n) is 4.10. The van der Waals surface area contributed by atoms with Crippen LogP contribution in [0.5, 0.6) is 0 Å². The Balaban J connectivity index is 1.81. The first-order valence-electron chi connectivity index (χ1n) is 7.52. The van der Waals surface area contributed by atoms with Crippen LogP contribution in [0.15, 0.2) is 47.6 Å². The van der Waals surface area contributed by atoms with E-state index in [9.17, 15) is 8.42 Å². The van der Waals surface area contributed by atoms with Crippen molar-refractivity contribution in [2.45, 2.75) is 10.9 Å². The van der Waals surface area contributed by atoms with Gasteiger partial charge in [0, 0.05) is 32.0 Å². The fraction of sp³-hybridized carbons (Fsp3) is 0.267. The van der Waals surface area contributed by atoms with Crippen LogP contribution >= 0.6 is 11.7 Å². The number of nitrogens with zero attached hydrogens (tertiary/aromatic N) is 4. The van der Waals surface area contributed by atoms with Crippen molar-refractivity contribution < 1.29 is 8.42 Å². The van der Waals surface area contributed by atoms with Gasteiger partial charge in [-0.15, -0.1) is 0 Å². The van der Waals surface area contributed by atoms with Gasteiger partial charge in [-0.1, -0.05) is 12.1 Å². The van der Waals surface area contributed by atoms with Gasteiger partial charge in [-0.25, -0.2) is 8.42 Å². The lowest BCUT2D eigenvalue weighted by Gasteiger charge is -2.35. The monoisotopic (exact) mass is 361 g/mol. The first-order chi connectivity index (χ1) is 11.7. The highest BCUT2D eigenvalue weighted by atomic mass is 32.2. The number of rotatable bonds is 3. The molecule has 0 bridgehead atoms. The predicted octanol–water partition coefficient (Wildman–Crippen LogP) is 1.42. The van der Waals surface area contributed by atoms with Crippen molar-refractivity contribution in [2.24, 2.45) is 0 Å². The number of benzene rings is 1. The SMILES string of the molecule is O=S(=O)(c1cccc2nsnc12)N1CCNCC1c1cccnc1. The zero-order chi connectivity index (χ0) is 16.6. The average molecular weight is 361 g/mol. The summed E-state index contributed by atoms with van der Waals surface area (Å²) < 4.78 is 36.4. The lowest BCUT2D eigenvalue weighted by atomic mass is 10.1. The van der Waals surface area contributed by atoms with E-state index in [-0.39, 0.29) is 10.9 Å². The van der Waals surface area contributed by atoms with Crippen LogP contribution in [0.3, 0.4) is 0 Å². The second kappa shape index (κ2) is 6.17. The molecule has 124 valence electrons. The van der Waals surface area contributed by atoms with Gasteiger partial charge in [-0.3, -0.25) is 4.98 Å². The molecule has 0 spiro atoms. The van der Waals surface area contributed by atoms with Gasteiger partial charge >= 0.3 is 0 Å². The maximum atomic E-state index is 13.3. The summed E-state index contributed by atoms with van der Waals surface area (Å²) in [4.78, 5) is 4.33. The molecule has 9 heteroatoms. The standard InChI is InChI=1S/C15H15N5O2S2/c21-24(22,14-5-1-4-12-15(14)19-23-18-12)20-8-7-17-10-13(20)11-3-2-6-16-9-11/h1-6,9,13,17H,7-8,10H2. The van der Waals surface area contributed by atoms with Crippen LogP contribution in [0.25, 0.3) is 11.0 Å². The van der Waals surface area contributed by atoms with Gasteiger partial charge < -0.3 is 5.32 Å². The lowest BCUT2D eigenvalue weighted by molar-refractivity contribution is 0.271. The molecule has 2 aromatic heterocycles. The van der Waals surface area contributed by atoms with Gasteiger partial charge in [-0.05, 0) is 23.8 Å². The summed E-state index contributed by atoms with van der Waals surface area (Å²) in [6.45, 7) is 1.56. The van der Waals surface area contributed by atoms with Crippen LogP contribution in [0, 0.1) is 0 Å². The Labute approximate surface area is 143 Å². The molecule has 7 nitrogen and oxygen atoms in total. The van der Waals surface area contributed by atoms with Crippen molar-refractivity contribution in [1.82, 2.24) is 23.4 Å². The molecule has 3 heterocycles. The van der Waals surface area contributed by atoms with Crippen LogP contribution in [0.2, 0.25) is 0 Å². The van der Waals surface area contributed by atoms with Crippen LogP contribution in [0.1, 0.15) is 11.6 Å². The summed E-state index contributed by atoms with van der Waals surface area (Å²) in [6, 6.07) is 8.50. The van der Waals surface area contributed by atoms with Crippen LogP contribution in [-0.2, 0) is 10.0 Å². The Bertz CT molecular complexity index is 958. The number of nitrogens with one attached hydrogen (secondary N) is 1. The maximum absolute atomic E-state index is 13.3. The first kappa shape index (κ1) is 15.6. The molecule has 1 aliphatic rings. The zero-order valence-electron chi connectivity index (χ0n) is 12.7. The fourth-order valence-electron chi connectivity index (χ4n) is 2.95. The molecule has 1 atom stereocenters. The van der Waals surface area contributed by atoms with Gasteiger partial charge in [0.2, 0.25) is 10.0 Å². The van der Waals surface area contributed by atoms with E-state index in [0.717, 1.165) is 17.3 Å². The molecule has 24 heavy (non-hydrogen) atoms. The molecule has 1 N–H and O–H groups in total. The van der Waals surface area contributed by atoms with Crippen LogP contribution < -0.4 is 5.32 Å². The highest BCUT2D eigenvalue weighted by molar-refractivity contribution is 7.89. The van der Waals surface area contributed by atoms with Crippen molar-refractivity contribution in [3.63, 3.8) is 0 Å². The molecule has 1 unspecified atom stereocenters. The summed E-state index contributed by atoms with van der Waals surface area (Å²) in [6.07, 6.45) is 3.39. The molecule has 0 radical (unpaired) electrons. The molecule has 1 fully saturated rings. The number of piperazine rings is 1. The Hall–Kier alpha value is -1.94. The van der Waals surface area contributed by atoms with E-state index in [2.05, 4.69) is 19.0 Å². The Morgan fingerprint density at radius 1 is 1.21 bits per heavy atom. The predicted molar refractivity (Wildman–Crippen MR) is 91.2 cm³/mol. The normalized spacial score (nSPS) is 19.6. The van der Waals surface area contributed by atoms with E-state index in [0.29, 0.717) is 30.7 Å². The smallest absolute Gasteiger partial charge is 0.245 e. The second-order valence-corrected chi connectivity index (χ2v) is 7.90. The number of hydrogen-bond acceptors (Lipinski definition) is 7. The quantitative estimate of drug-likeness (QED) is 0.759. The van der Waals surface area contributed by atoms with Gasteiger partial charge in [0.05, 0.1) is 17.8 Å². The summed E-state index contributed by atoms with van der Waals surface area (Å²) >= 11 is 1.02. The van der Waals surface area contributed by atoms with Gasteiger partial charge in [0.25, 0.3) is 0 Å². The lowest BCUT2D eigenvalue weighted by Crippen LogP contribution is -2.48. The van der Waals surface area contributed by atoms with E-state index < -0.39 is 10.0 Å². The van der Waals surface area contributed by atoms with Crippen molar-refractivity contribution >= 4 is 32.8 Å². The third-order valence-corrected chi connectivity index (χ3v) is 6.58. The summed E-state index contributed by atoms with van der Waals surface area (Å²) in [5, 5.41) is 3.26. The molecular weight excluding hydrogens is 346 g/mol. The minimum atomic E-state index is -3.69. The summed E-state index contributed by atoms with van der Waals surface area (Å²) in [7, 11) is -3.69. The van der Waals surface area contributed by atoms with Crippen LogP contribution in [0.4, 0.5) is 0 Å². The van der Waals surface area contributed by atoms with E-state index >= 15 is 0 Å². The van der Waals surface area contributed by atoms with Gasteiger partial charge in [0.15, 0.2) is 0 Å². The second-order valence-electron chi connectivity index (χ2n) is 5.51. The third kappa shape index (κ3) is 2.59. The molecule has 4 rings (SSSR count). The largest absolute Gasteiger partial charge is 0.313 e. The number of hydrogen-bond donors (Lipinski definition) is 1.